The summed E-state index contributed by atoms with van der Waals surface area (Å²) in [7, 11) is 2.19. The number of nitrogens with zero attached hydrogens (tertiary/aromatic N) is 1. The van der Waals surface area contributed by atoms with Gasteiger partial charge >= 0.3 is 0 Å². The van der Waals surface area contributed by atoms with Crippen molar-refractivity contribution in [1.82, 2.24) is 10.2 Å². The SMILES string of the molecule is CC(C)OCCN(C)C(C)CNC1CCCCC1. The molecule has 0 aromatic carbocycles. The van der Waals surface area contributed by atoms with E-state index < -0.39 is 0 Å². The normalized spacial score (nSPS) is 19.7. The van der Waals surface area contributed by atoms with E-state index >= 15 is 0 Å². The predicted molar refractivity (Wildman–Crippen MR) is 78.1 cm³/mol. The molecule has 3 nitrogen and oxygen atoms in total. The summed E-state index contributed by atoms with van der Waals surface area (Å²) in [5.74, 6) is 0. The van der Waals surface area contributed by atoms with Crippen molar-refractivity contribution in [3.05, 3.63) is 0 Å². The molecule has 0 aromatic rings. The van der Waals surface area contributed by atoms with E-state index in [0.29, 0.717) is 12.1 Å². The molecule has 0 spiro atoms. The molecule has 0 saturated heterocycles. The first kappa shape index (κ1) is 15.9. The van der Waals surface area contributed by atoms with Crippen LogP contribution in [0.4, 0.5) is 0 Å². The number of nitrogens with one attached hydrogen (secondary N) is 1. The first-order chi connectivity index (χ1) is 8.59. The maximum atomic E-state index is 5.60. The van der Waals surface area contributed by atoms with Gasteiger partial charge in [0.05, 0.1) is 12.7 Å². The number of ether oxygens (including phenoxy) is 1. The van der Waals surface area contributed by atoms with Crippen LogP contribution in [0.2, 0.25) is 0 Å². The highest BCUT2D eigenvalue weighted by Crippen LogP contribution is 2.17. The summed E-state index contributed by atoms with van der Waals surface area (Å²) in [4.78, 5) is 2.39. The van der Waals surface area contributed by atoms with E-state index in [2.05, 4.69) is 38.0 Å². The average Bonchev–Trinajstić information content (AvgIpc) is 2.36. The van der Waals surface area contributed by atoms with Gasteiger partial charge in [0.15, 0.2) is 0 Å². The minimum atomic E-state index is 0.342. The van der Waals surface area contributed by atoms with Gasteiger partial charge in [0.25, 0.3) is 0 Å². The summed E-state index contributed by atoms with van der Waals surface area (Å²) in [6.07, 6.45) is 7.32. The van der Waals surface area contributed by atoms with Gasteiger partial charge in [0.2, 0.25) is 0 Å². The molecule has 1 atom stereocenters. The van der Waals surface area contributed by atoms with E-state index in [-0.39, 0.29) is 0 Å². The van der Waals surface area contributed by atoms with Gasteiger partial charge in [-0.15, -0.1) is 0 Å². The Hall–Kier alpha value is -0.120. The van der Waals surface area contributed by atoms with Gasteiger partial charge in [-0.25, -0.2) is 0 Å². The van der Waals surface area contributed by atoms with Crippen LogP contribution < -0.4 is 5.32 Å². The molecular weight excluding hydrogens is 224 g/mol. The second kappa shape index (κ2) is 8.89. The maximum absolute atomic E-state index is 5.60. The zero-order valence-corrected chi connectivity index (χ0v) is 12.7. The lowest BCUT2D eigenvalue weighted by atomic mass is 9.95. The van der Waals surface area contributed by atoms with E-state index in [1.165, 1.54) is 32.1 Å². The molecule has 1 N–H and O–H groups in total. The predicted octanol–water partition coefficient (Wildman–Crippen LogP) is 2.65. The topological polar surface area (TPSA) is 24.5 Å². The Labute approximate surface area is 113 Å². The summed E-state index contributed by atoms with van der Waals surface area (Å²) in [5.41, 5.74) is 0. The minimum absolute atomic E-state index is 0.342. The van der Waals surface area contributed by atoms with Crippen LogP contribution >= 0.6 is 0 Å². The largest absolute Gasteiger partial charge is 0.377 e. The summed E-state index contributed by atoms with van der Waals surface area (Å²) in [6.45, 7) is 9.43. The Kier molecular flexibility index (Phi) is 7.87. The molecule has 1 fully saturated rings. The highest BCUT2D eigenvalue weighted by Gasteiger charge is 2.15. The number of likely N-dealkylation sites (N-methyl/N-ethyl adjacent to an activating group) is 1. The highest BCUT2D eigenvalue weighted by atomic mass is 16.5. The van der Waals surface area contributed by atoms with Gasteiger partial charge in [0.1, 0.15) is 0 Å². The van der Waals surface area contributed by atoms with Crippen molar-refractivity contribution < 1.29 is 4.74 Å². The smallest absolute Gasteiger partial charge is 0.0596 e. The highest BCUT2D eigenvalue weighted by molar-refractivity contribution is 4.75. The van der Waals surface area contributed by atoms with Crippen LogP contribution in [0.15, 0.2) is 0 Å². The van der Waals surface area contributed by atoms with Gasteiger partial charge in [-0.2, -0.15) is 0 Å². The Morgan fingerprint density at radius 3 is 2.44 bits per heavy atom. The standard InChI is InChI=1S/C15H32N2O/c1-13(2)18-11-10-17(4)14(3)12-16-15-8-6-5-7-9-15/h13-16H,5-12H2,1-4H3. The zero-order chi connectivity index (χ0) is 13.4. The number of hydrogen-bond acceptors (Lipinski definition) is 3. The van der Waals surface area contributed by atoms with Crippen molar-refractivity contribution in [3.63, 3.8) is 0 Å². The zero-order valence-electron chi connectivity index (χ0n) is 12.7. The lowest BCUT2D eigenvalue weighted by Gasteiger charge is -2.29. The van der Waals surface area contributed by atoms with E-state index in [4.69, 9.17) is 4.74 Å². The molecule has 1 aliphatic rings. The van der Waals surface area contributed by atoms with Crippen molar-refractivity contribution in [1.29, 1.82) is 0 Å². The molecule has 0 heterocycles. The average molecular weight is 256 g/mol. The Morgan fingerprint density at radius 2 is 1.83 bits per heavy atom. The molecule has 18 heavy (non-hydrogen) atoms. The van der Waals surface area contributed by atoms with E-state index in [1.807, 2.05) is 0 Å². The van der Waals surface area contributed by atoms with Crippen molar-refractivity contribution in [2.24, 2.45) is 0 Å². The lowest BCUT2D eigenvalue weighted by molar-refractivity contribution is 0.0570. The number of rotatable bonds is 8. The first-order valence-corrected chi connectivity index (χ1v) is 7.65. The maximum Gasteiger partial charge on any atom is 0.0596 e. The molecule has 0 aliphatic heterocycles. The van der Waals surface area contributed by atoms with Gasteiger partial charge in [0, 0.05) is 25.2 Å². The summed E-state index contributed by atoms with van der Waals surface area (Å²) in [5, 5.41) is 3.72. The molecule has 108 valence electrons. The van der Waals surface area contributed by atoms with E-state index in [9.17, 15) is 0 Å². The molecule has 1 aliphatic carbocycles. The fourth-order valence-electron chi connectivity index (χ4n) is 2.45. The molecule has 0 radical (unpaired) electrons. The number of hydrogen-bond donors (Lipinski definition) is 1. The molecular formula is C15H32N2O. The first-order valence-electron chi connectivity index (χ1n) is 7.65. The van der Waals surface area contributed by atoms with Gasteiger partial charge in [-0.3, -0.25) is 0 Å². The molecule has 0 aromatic heterocycles. The Bertz CT molecular complexity index is 203. The van der Waals surface area contributed by atoms with Crippen molar-refractivity contribution in [2.75, 3.05) is 26.7 Å². The molecule has 1 unspecified atom stereocenters. The van der Waals surface area contributed by atoms with E-state index in [1.54, 1.807) is 0 Å². The molecule has 3 heteroatoms. The van der Waals surface area contributed by atoms with E-state index in [0.717, 1.165) is 25.7 Å². The quantitative estimate of drug-likeness (QED) is 0.722. The molecule has 1 saturated carbocycles. The van der Waals surface area contributed by atoms with Gasteiger partial charge in [-0.05, 0) is 40.7 Å². The summed E-state index contributed by atoms with van der Waals surface area (Å²) < 4.78 is 5.60. The second-order valence-electron chi connectivity index (χ2n) is 5.99. The summed E-state index contributed by atoms with van der Waals surface area (Å²) >= 11 is 0. The third-order valence-electron chi connectivity index (χ3n) is 3.95. The second-order valence-corrected chi connectivity index (χ2v) is 5.99. The van der Waals surface area contributed by atoms with Gasteiger partial charge < -0.3 is 15.0 Å². The van der Waals surface area contributed by atoms with Crippen LogP contribution in [0.25, 0.3) is 0 Å². The monoisotopic (exact) mass is 256 g/mol. The minimum Gasteiger partial charge on any atom is -0.377 e. The molecule has 1 rings (SSSR count). The van der Waals surface area contributed by atoms with Crippen molar-refractivity contribution in [2.45, 2.75) is 71.1 Å². The van der Waals surface area contributed by atoms with Crippen LogP contribution in [0.1, 0.15) is 52.9 Å². The lowest BCUT2D eigenvalue weighted by Crippen LogP contribution is -2.43. The van der Waals surface area contributed by atoms with Crippen LogP contribution in [0, 0.1) is 0 Å². The fraction of sp³-hybridized carbons (Fsp3) is 1.00. The van der Waals surface area contributed by atoms with Gasteiger partial charge in [-0.1, -0.05) is 19.3 Å². The van der Waals surface area contributed by atoms with Crippen molar-refractivity contribution in [3.8, 4) is 0 Å². The Balaban J connectivity index is 2.08. The molecule has 0 amide bonds. The van der Waals surface area contributed by atoms with Crippen LogP contribution in [0.3, 0.4) is 0 Å². The third kappa shape index (κ3) is 6.72. The Morgan fingerprint density at radius 1 is 1.17 bits per heavy atom. The van der Waals surface area contributed by atoms with Crippen LogP contribution in [-0.2, 0) is 4.74 Å². The van der Waals surface area contributed by atoms with Crippen LogP contribution in [0.5, 0.6) is 0 Å². The van der Waals surface area contributed by atoms with Crippen LogP contribution in [-0.4, -0.2) is 49.8 Å². The summed E-state index contributed by atoms with van der Waals surface area (Å²) in [6, 6.07) is 1.35. The molecule has 0 bridgehead atoms. The van der Waals surface area contributed by atoms with Crippen molar-refractivity contribution >= 4 is 0 Å². The third-order valence-corrected chi connectivity index (χ3v) is 3.95. The fourth-order valence-corrected chi connectivity index (χ4v) is 2.45.